The van der Waals surface area contributed by atoms with Crippen LogP contribution in [-0.4, -0.2) is 89.8 Å². The maximum atomic E-state index is 14.8. The predicted octanol–water partition coefficient (Wildman–Crippen LogP) is 3.23. The number of likely N-dealkylation sites (N-methyl/N-ethyl adjacent to an activating group) is 1. The molecule has 43 heavy (non-hydrogen) atoms. The third kappa shape index (κ3) is 5.04. The van der Waals surface area contributed by atoms with Crippen LogP contribution in [0.2, 0.25) is 0 Å². The van der Waals surface area contributed by atoms with E-state index >= 15 is 0 Å². The van der Waals surface area contributed by atoms with Crippen LogP contribution in [0.25, 0.3) is 0 Å². The molecule has 2 bridgehead atoms. The van der Waals surface area contributed by atoms with Gasteiger partial charge in [-0.15, -0.1) is 13.2 Å². The first-order valence-corrected chi connectivity index (χ1v) is 14.7. The fourth-order valence-electron chi connectivity index (χ4n) is 7.43. The van der Waals surface area contributed by atoms with Crippen molar-refractivity contribution in [2.75, 3.05) is 38.8 Å². The number of fused-ring (bicyclic) bond motifs is 1. The van der Waals surface area contributed by atoms with E-state index in [4.69, 9.17) is 9.47 Å². The summed E-state index contributed by atoms with van der Waals surface area (Å²) >= 11 is 0. The number of aliphatic hydroxyl groups is 1. The second-order valence-electron chi connectivity index (χ2n) is 11.9. The van der Waals surface area contributed by atoms with Crippen LogP contribution in [0.4, 0.5) is 5.69 Å². The van der Waals surface area contributed by atoms with Crippen molar-refractivity contribution in [1.82, 2.24) is 9.80 Å². The lowest BCUT2D eigenvalue weighted by Crippen LogP contribution is -2.59. The highest BCUT2D eigenvalue weighted by Gasteiger charge is 2.78. The van der Waals surface area contributed by atoms with Crippen molar-refractivity contribution in [2.45, 2.75) is 49.5 Å². The molecule has 3 fully saturated rings. The van der Waals surface area contributed by atoms with Crippen molar-refractivity contribution in [2.24, 2.45) is 11.8 Å². The Bertz CT molecular complexity index is 1380. The van der Waals surface area contributed by atoms with E-state index in [1.807, 2.05) is 37.3 Å². The number of nitrogens with zero attached hydrogens (tertiary/aromatic N) is 3. The molecule has 0 radical (unpaired) electrons. The van der Waals surface area contributed by atoms with Gasteiger partial charge in [0.2, 0.25) is 11.8 Å². The van der Waals surface area contributed by atoms with Crippen LogP contribution in [0, 0.1) is 11.8 Å². The Kier molecular flexibility index (Phi) is 8.49. The quantitative estimate of drug-likeness (QED) is 0.383. The van der Waals surface area contributed by atoms with Crippen LogP contribution in [0.15, 0.2) is 79.9 Å². The van der Waals surface area contributed by atoms with Crippen LogP contribution in [0.3, 0.4) is 0 Å². The van der Waals surface area contributed by atoms with E-state index in [1.165, 1.54) is 4.90 Å². The monoisotopic (exact) mass is 587 g/mol. The van der Waals surface area contributed by atoms with E-state index in [9.17, 15) is 19.5 Å². The molecule has 2 unspecified atom stereocenters. The third-order valence-electron chi connectivity index (χ3n) is 9.37. The van der Waals surface area contributed by atoms with Gasteiger partial charge in [-0.3, -0.25) is 14.4 Å². The van der Waals surface area contributed by atoms with Gasteiger partial charge >= 0.3 is 0 Å². The number of hydrogen-bond acceptors (Lipinski definition) is 6. The van der Waals surface area contributed by atoms with Crippen molar-refractivity contribution in [3.05, 3.63) is 85.5 Å². The molecule has 3 saturated heterocycles. The number of carbonyl (C=O) groups is 3. The van der Waals surface area contributed by atoms with Gasteiger partial charge in [-0.25, -0.2) is 0 Å². The van der Waals surface area contributed by atoms with E-state index in [2.05, 4.69) is 13.2 Å². The van der Waals surface area contributed by atoms with Gasteiger partial charge in [0.1, 0.15) is 17.4 Å². The van der Waals surface area contributed by atoms with Gasteiger partial charge in [-0.05, 0) is 56.0 Å². The summed E-state index contributed by atoms with van der Waals surface area (Å²) < 4.78 is 12.1. The van der Waals surface area contributed by atoms with E-state index in [1.54, 1.807) is 60.4 Å². The Labute approximate surface area is 253 Å². The minimum atomic E-state index is -1.23. The molecular formula is C34H41N3O6. The van der Waals surface area contributed by atoms with E-state index in [-0.39, 0.29) is 30.9 Å². The number of likely N-dealkylation sites (tertiary alicyclic amines) is 1. The molecule has 2 aromatic carbocycles. The summed E-state index contributed by atoms with van der Waals surface area (Å²) in [5.74, 6) is -1.89. The van der Waals surface area contributed by atoms with Gasteiger partial charge in [0.05, 0.1) is 37.2 Å². The fraction of sp³-hybridized carbons (Fsp3) is 0.441. The van der Waals surface area contributed by atoms with E-state index < -0.39 is 35.1 Å². The SMILES string of the molecule is C=CCN(C)C(=O)[C@H]1[C@H]2C(=O)N([C@@H](CO)Cc3ccccc3)C(C(=O)N(CC=C)c3ccc(OC)cc3)C23CC[C@]1(C)O3. The molecule has 9 nitrogen and oxygen atoms in total. The number of methoxy groups -OCH3 is 1. The number of anilines is 1. The fourth-order valence-corrected chi connectivity index (χ4v) is 7.43. The number of aliphatic hydroxyl groups excluding tert-OH is 1. The lowest BCUT2D eigenvalue weighted by Gasteiger charge is -2.39. The molecule has 0 saturated carbocycles. The number of hydrogen-bond donors (Lipinski definition) is 1. The molecule has 1 spiro atoms. The van der Waals surface area contributed by atoms with Crippen LogP contribution < -0.4 is 9.64 Å². The highest BCUT2D eigenvalue weighted by Crippen LogP contribution is 2.64. The van der Waals surface area contributed by atoms with E-state index in [0.717, 1.165) is 5.56 Å². The molecule has 6 atom stereocenters. The largest absolute Gasteiger partial charge is 0.497 e. The predicted molar refractivity (Wildman–Crippen MR) is 163 cm³/mol. The second kappa shape index (κ2) is 12.0. The number of amides is 3. The normalized spacial score (nSPS) is 27.9. The summed E-state index contributed by atoms with van der Waals surface area (Å²) in [5.41, 5.74) is -0.606. The standard InChI is InChI=1S/C34H41N3O6/c1-6-19-35(4)30(39)27-28-31(40)37(25(22-38)21-23-11-9-8-10-12-23)29(34(28)18-17-33(27,3)43-34)32(41)36(20-7-2)24-13-15-26(42-5)16-14-24/h6-16,25,27-29,38H,1-2,17-22H2,3-5H3/t25-,27-,28+,29?,33+,34?/m1/s1. The minimum absolute atomic E-state index is 0.189. The smallest absolute Gasteiger partial charge is 0.253 e. The summed E-state index contributed by atoms with van der Waals surface area (Å²) in [7, 11) is 3.26. The number of ether oxygens (including phenoxy) is 2. The van der Waals surface area contributed by atoms with Gasteiger partial charge in [0.15, 0.2) is 0 Å². The van der Waals surface area contributed by atoms with Crippen LogP contribution in [0.5, 0.6) is 5.75 Å². The Morgan fingerprint density at radius 2 is 1.77 bits per heavy atom. The highest BCUT2D eigenvalue weighted by atomic mass is 16.5. The van der Waals surface area contributed by atoms with Crippen molar-refractivity contribution in [3.8, 4) is 5.75 Å². The molecule has 3 heterocycles. The Morgan fingerprint density at radius 3 is 2.37 bits per heavy atom. The Balaban J connectivity index is 1.62. The zero-order valence-corrected chi connectivity index (χ0v) is 25.1. The van der Waals surface area contributed by atoms with Gasteiger partial charge in [0, 0.05) is 25.8 Å². The number of rotatable bonds is 12. The molecule has 3 aliphatic rings. The van der Waals surface area contributed by atoms with Gasteiger partial charge in [0.25, 0.3) is 5.91 Å². The summed E-state index contributed by atoms with van der Waals surface area (Å²) in [6, 6.07) is 14.9. The van der Waals surface area contributed by atoms with Crippen LogP contribution in [-0.2, 0) is 25.5 Å². The van der Waals surface area contributed by atoms with E-state index in [0.29, 0.717) is 37.2 Å². The molecule has 1 N–H and O–H groups in total. The van der Waals surface area contributed by atoms with Crippen molar-refractivity contribution in [1.29, 1.82) is 0 Å². The van der Waals surface area contributed by atoms with Crippen molar-refractivity contribution in [3.63, 3.8) is 0 Å². The molecule has 0 aliphatic carbocycles. The molecule has 9 heteroatoms. The zero-order chi connectivity index (χ0) is 30.9. The van der Waals surface area contributed by atoms with Crippen LogP contribution in [0.1, 0.15) is 25.3 Å². The molecule has 3 aliphatic heterocycles. The second-order valence-corrected chi connectivity index (χ2v) is 11.9. The van der Waals surface area contributed by atoms with Gasteiger partial charge in [-0.2, -0.15) is 0 Å². The van der Waals surface area contributed by atoms with Gasteiger partial charge in [-0.1, -0.05) is 42.5 Å². The first kappa shape index (κ1) is 30.5. The summed E-state index contributed by atoms with van der Waals surface area (Å²) in [5, 5.41) is 10.7. The minimum Gasteiger partial charge on any atom is -0.497 e. The number of benzene rings is 2. The van der Waals surface area contributed by atoms with Crippen LogP contribution >= 0.6 is 0 Å². The Morgan fingerprint density at radius 1 is 1.09 bits per heavy atom. The maximum absolute atomic E-state index is 14.8. The average Bonchev–Trinajstić information content (AvgIpc) is 3.59. The Hall–Kier alpha value is -3.95. The lowest BCUT2D eigenvalue weighted by molar-refractivity contribution is -0.151. The topological polar surface area (TPSA) is 99.6 Å². The maximum Gasteiger partial charge on any atom is 0.253 e. The summed E-state index contributed by atoms with van der Waals surface area (Å²) in [6.07, 6.45) is 4.58. The lowest BCUT2D eigenvalue weighted by atomic mass is 9.66. The zero-order valence-electron chi connectivity index (χ0n) is 25.1. The molecule has 2 aromatic rings. The first-order chi connectivity index (χ1) is 20.7. The molecule has 228 valence electrons. The van der Waals surface area contributed by atoms with Gasteiger partial charge < -0.3 is 29.3 Å². The third-order valence-corrected chi connectivity index (χ3v) is 9.37. The molecule has 5 rings (SSSR count). The molecular weight excluding hydrogens is 546 g/mol. The average molecular weight is 588 g/mol. The molecule has 0 aromatic heterocycles. The number of carbonyl (C=O) groups excluding carboxylic acids is 3. The highest BCUT2D eigenvalue weighted by molar-refractivity contribution is 6.05. The van der Waals surface area contributed by atoms with Crippen molar-refractivity contribution >= 4 is 23.4 Å². The van der Waals surface area contributed by atoms with Crippen molar-refractivity contribution < 1.29 is 29.0 Å². The first-order valence-electron chi connectivity index (χ1n) is 14.7. The molecule has 3 amide bonds. The summed E-state index contributed by atoms with van der Waals surface area (Å²) in [6.45, 7) is 9.67. The summed E-state index contributed by atoms with van der Waals surface area (Å²) in [4.78, 5) is 48.1.